The molecule has 2 fully saturated rings. The Bertz CT molecular complexity index is 994. The van der Waals surface area contributed by atoms with E-state index < -0.39 is 6.17 Å². The van der Waals surface area contributed by atoms with E-state index in [-0.39, 0.29) is 0 Å². The molecule has 0 aromatic carbocycles. The lowest BCUT2D eigenvalue weighted by Gasteiger charge is -2.14. The quantitative estimate of drug-likeness (QED) is 0.704. The van der Waals surface area contributed by atoms with E-state index in [1.165, 1.54) is 0 Å². The molecule has 0 unspecified atom stereocenters. The van der Waals surface area contributed by atoms with Crippen LogP contribution in [0.4, 0.5) is 10.2 Å². The molecule has 3 N–H and O–H groups in total. The lowest BCUT2D eigenvalue weighted by molar-refractivity contribution is 0.262. The van der Waals surface area contributed by atoms with Gasteiger partial charge in [-0.25, -0.2) is 18.9 Å². The van der Waals surface area contributed by atoms with Crippen LogP contribution in [0.25, 0.3) is 17.0 Å². The second-order valence-corrected chi connectivity index (χ2v) is 7.61. The molecule has 1 saturated carbocycles. The molecule has 0 atom stereocenters. The van der Waals surface area contributed by atoms with E-state index >= 15 is 0 Å². The summed E-state index contributed by atoms with van der Waals surface area (Å²) in [5, 5.41) is 7.82. The Labute approximate surface area is 169 Å². The minimum Gasteiger partial charge on any atom is -0.495 e. The van der Waals surface area contributed by atoms with Crippen molar-refractivity contribution in [3.05, 3.63) is 35.7 Å². The van der Waals surface area contributed by atoms with Crippen molar-refractivity contribution in [2.24, 2.45) is 0 Å². The maximum absolute atomic E-state index is 12.1. The van der Waals surface area contributed by atoms with E-state index in [4.69, 9.17) is 15.6 Å². The molecule has 1 aliphatic carbocycles. The molecule has 1 saturated heterocycles. The summed E-state index contributed by atoms with van der Waals surface area (Å²) in [6, 6.07) is 5.84. The Kier molecular flexibility index (Phi) is 5.62. The molecule has 29 heavy (non-hydrogen) atoms. The summed E-state index contributed by atoms with van der Waals surface area (Å²) < 4.78 is 19.4. The van der Waals surface area contributed by atoms with Gasteiger partial charge in [-0.3, -0.25) is 0 Å². The second kappa shape index (κ2) is 8.32. The van der Waals surface area contributed by atoms with Gasteiger partial charge in [-0.1, -0.05) is 6.07 Å². The standard InChI is InChI=1S/C16H17N5O.C5H10FN/c1-9-3-6-11(19-16(9)17)12-8-18-14-7-13(22-2)15(10-4-5-10)20-21(12)14;6-5-1-3-7-4-2-5/h3,6-8,10H,4-5H2,1-2H3,(H2,17,19);5,7H,1-4H2. The van der Waals surface area contributed by atoms with Gasteiger partial charge in [0, 0.05) is 12.0 Å². The Morgan fingerprint density at radius 3 is 2.55 bits per heavy atom. The number of halogens is 1. The molecule has 4 heterocycles. The molecule has 0 spiro atoms. The van der Waals surface area contributed by atoms with E-state index in [9.17, 15) is 4.39 Å². The van der Waals surface area contributed by atoms with Crippen LogP contribution in [-0.4, -0.2) is 46.0 Å². The first-order chi connectivity index (χ1) is 14.1. The number of nitrogens with one attached hydrogen (secondary N) is 1. The van der Waals surface area contributed by atoms with Crippen molar-refractivity contribution in [1.29, 1.82) is 0 Å². The van der Waals surface area contributed by atoms with Gasteiger partial charge < -0.3 is 15.8 Å². The summed E-state index contributed by atoms with van der Waals surface area (Å²) in [6.07, 6.45) is 4.99. The average Bonchev–Trinajstić information content (AvgIpc) is 3.50. The number of aryl methyl sites for hydroxylation is 1. The van der Waals surface area contributed by atoms with Crippen molar-refractivity contribution in [3.8, 4) is 17.1 Å². The fourth-order valence-electron chi connectivity index (χ4n) is 3.36. The summed E-state index contributed by atoms with van der Waals surface area (Å²) in [5.41, 5.74) is 10.2. The van der Waals surface area contributed by atoms with E-state index in [1.807, 2.05) is 29.6 Å². The molecule has 3 aromatic heterocycles. The molecular weight excluding hydrogens is 371 g/mol. The number of anilines is 1. The van der Waals surface area contributed by atoms with Crippen LogP contribution in [0.15, 0.2) is 24.4 Å². The Morgan fingerprint density at radius 2 is 1.97 bits per heavy atom. The number of ether oxygens (including phenoxy) is 1. The summed E-state index contributed by atoms with van der Waals surface area (Å²) in [5.74, 6) is 1.83. The number of piperidine rings is 1. The predicted octanol–water partition coefficient (Wildman–Crippen LogP) is 3.28. The van der Waals surface area contributed by atoms with Crippen molar-refractivity contribution in [2.45, 2.75) is 44.7 Å². The van der Waals surface area contributed by atoms with Gasteiger partial charge in [0.05, 0.1) is 19.0 Å². The smallest absolute Gasteiger partial charge is 0.157 e. The van der Waals surface area contributed by atoms with E-state index in [0.717, 1.165) is 60.0 Å². The molecular formula is C21H27FN6O. The fraction of sp³-hybridized carbons (Fsp3) is 0.476. The molecule has 0 radical (unpaired) electrons. The highest BCUT2D eigenvalue weighted by atomic mass is 19.1. The van der Waals surface area contributed by atoms with E-state index in [0.29, 0.717) is 24.6 Å². The van der Waals surface area contributed by atoms with Crippen LogP contribution in [0.1, 0.15) is 42.9 Å². The van der Waals surface area contributed by atoms with Crippen molar-refractivity contribution in [1.82, 2.24) is 24.9 Å². The van der Waals surface area contributed by atoms with Crippen LogP contribution < -0.4 is 15.8 Å². The molecule has 0 amide bonds. The number of hydrogen-bond acceptors (Lipinski definition) is 6. The van der Waals surface area contributed by atoms with Gasteiger partial charge in [0.1, 0.15) is 29.1 Å². The average molecular weight is 398 g/mol. The van der Waals surface area contributed by atoms with Gasteiger partial charge in [-0.15, -0.1) is 0 Å². The molecule has 7 nitrogen and oxygen atoms in total. The van der Waals surface area contributed by atoms with Gasteiger partial charge in [-0.05, 0) is 57.3 Å². The topological polar surface area (TPSA) is 90.4 Å². The third kappa shape index (κ3) is 4.32. The zero-order valence-corrected chi connectivity index (χ0v) is 16.9. The van der Waals surface area contributed by atoms with Crippen LogP contribution in [0, 0.1) is 6.92 Å². The first-order valence-electron chi connectivity index (χ1n) is 10.1. The van der Waals surface area contributed by atoms with Crippen LogP contribution >= 0.6 is 0 Å². The summed E-state index contributed by atoms with van der Waals surface area (Å²) >= 11 is 0. The Morgan fingerprint density at radius 1 is 1.21 bits per heavy atom. The monoisotopic (exact) mass is 398 g/mol. The van der Waals surface area contributed by atoms with Gasteiger partial charge in [-0.2, -0.15) is 5.10 Å². The zero-order chi connectivity index (χ0) is 20.4. The van der Waals surface area contributed by atoms with Crippen molar-refractivity contribution in [3.63, 3.8) is 0 Å². The van der Waals surface area contributed by atoms with Crippen molar-refractivity contribution >= 4 is 11.5 Å². The minimum absolute atomic E-state index is 0.491. The Balaban J connectivity index is 0.000000249. The summed E-state index contributed by atoms with van der Waals surface area (Å²) in [7, 11) is 1.67. The normalized spacial score (nSPS) is 17.1. The molecule has 3 aromatic rings. The number of nitrogens with two attached hydrogens (primary N) is 1. The number of nitrogens with zero attached hydrogens (tertiary/aromatic N) is 4. The van der Waals surface area contributed by atoms with E-state index in [1.54, 1.807) is 13.3 Å². The SMILES string of the molecule is COc1cc2ncc(-c3ccc(C)c(N)n3)n2nc1C1CC1.FC1CCNCC1. The number of aromatic nitrogens is 4. The number of methoxy groups -OCH3 is 1. The first kappa shape index (κ1) is 19.6. The molecule has 2 aliphatic rings. The third-order valence-electron chi connectivity index (χ3n) is 5.34. The van der Waals surface area contributed by atoms with Gasteiger partial charge in [0.2, 0.25) is 0 Å². The number of imidazole rings is 1. The third-order valence-corrected chi connectivity index (χ3v) is 5.34. The molecule has 1 aliphatic heterocycles. The number of alkyl halides is 1. The van der Waals surface area contributed by atoms with Gasteiger partial charge >= 0.3 is 0 Å². The van der Waals surface area contributed by atoms with Crippen LogP contribution in [0.2, 0.25) is 0 Å². The number of pyridine rings is 1. The maximum Gasteiger partial charge on any atom is 0.157 e. The summed E-state index contributed by atoms with van der Waals surface area (Å²) in [6.45, 7) is 3.66. The minimum atomic E-state index is -0.527. The molecule has 154 valence electrons. The summed E-state index contributed by atoms with van der Waals surface area (Å²) in [4.78, 5) is 8.86. The fourth-order valence-corrected chi connectivity index (χ4v) is 3.36. The highest BCUT2D eigenvalue weighted by Crippen LogP contribution is 2.43. The number of rotatable bonds is 3. The molecule has 5 rings (SSSR count). The maximum atomic E-state index is 12.1. The highest BCUT2D eigenvalue weighted by molar-refractivity contribution is 5.63. The lowest BCUT2D eigenvalue weighted by atomic mass is 10.1. The molecule has 0 bridgehead atoms. The zero-order valence-electron chi connectivity index (χ0n) is 16.9. The first-order valence-corrected chi connectivity index (χ1v) is 10.1. The van der Waals surface area contributed by atoms with Gasteiger partial charge in [0.15, 0.2) is 5.65 Å². The van der Waals surface area contributed by atoms with Crippen LogP contribution in [0.3, 0.4) is 0 Å². The van der Waals surface area contributed by atoms with Crippen molar-refractivity contribution in [2.75, 3.05) is 25.9 Å². The largest absolute Gasteiger partial charge is 0.495 e. The highest BCUT2D eigenvalue weighted by Gasteiger charge is 2.29. The molecule has 8 heteroatoms. The Hall–Kier alpha value is -2.74. The second-order valence-electron chi connectivity index (χ2n) is 7.61. The van der Waals surface area contributed by atoms with Crippen molar-refractivity contribution < 1.29 is 9.13 Å². The van der Waals surface area contributed by atoms with E-state index in [2.05, 4.69) is 15.3 Å². The predicted molar refractivity (Wildman–Crippen MR) is 111 cm³/mol. The number of hydrogen-bond donors (Lipinski definition) is 2. The van der Waals surface area contributed by atoms with Gasteiger partial charge in [0.25, 0.3) is 0 Å². The van der Waals surface area contributed by atoms with Crippen LogP contribution in [-0.2, 0) is 0 Å². The lowest BCUT2D eigenvalue weighted by Crippen LogP contribution is -2.28. The number of fused-ring (bicyclic) bond motifs is 1. The van der Waals surface area contributed by atoms with Crippen LogP contribution in [0.5, 0.6) is 5.75 Å². The number of nitrogen functional groups attached to an aromatic ring is 1.